The number of amides is 1. The highest BCUT2D eigenvalue weighted by molar-refractivity contribution is 5.93. The third-order valence-electron chi connectivity index (χ3n) is 5.90. The number of methoxy groups -OCH3 is 1. The number of ether oxygens (including phenoxy) is 1. The van der Waals surface area contributed by atoms with Crippen molar-refractivity contribution in [1.82, 2.24) is 30.2 Å². The van der Waals surface area contributed by atoms with Crippen LogP contribution in [0.4, 0.5) is 11.5 Å². The molecule has 1 fully saturated rings. The van der Waals surface area contributed by atoms with Gasteiger partial charge in [0.25, 0.3) is 0 Å². The summed E-state index contributed by atoms with van der Waals surface area (Å²) in [4.78, 5) is 24.0. The second-order valence-corrected chi connectivity index (χ2v) is 8.07. The van der Waals surface area contributed by atoms with Gasteiger partial charge in [0.2, 0.25) is 5.91 Å². The van der Waals surface area contributed by atoms with Gasteiger partial charge >= 0.3 is 0 Å². The van der Waals surface area contributed by atoms with Crippen molar-refractivity contribution in [2.75, 3.05) is 30.4 Å². The molecule has 10 nitrogen and oxygen atoms in total. The Bertz CT molecular complexity index is 1240. The second kappa shape index (κ2) is 9.65. The lowest BCUT2D eigenvalue weighted by atomic mass is 9.97. The minimum Gasteiger partial charge on any atom is -0.497 e. The number of tetrazole rings is 1. The Hall–Kier alpha value is -4.34. The summed E-state index contributed by atoms with van der Waals surface area (Å²) < 4.78 is 6.80. The first kappa shape index (κ1) is 21.5. The molecule has 2 aromatic carbocycles. The van der Waals surface area contributed by atoms with E-state index in [9.17, 15) is 4.79 Å². The minimum absolute atomic E-state index is 0.00399. The van der Waals surface area contributed by atoms with Crippen LogP contribution in [0, 0.1) is 5.92 Å². The van der Waals surface area contributed by atoms with E-state index in [0.717, 1.165) is 53.6 Å². The molecule has 172 valence electrons. The van der Waals surface area contributed by atoms with Crippen molar-refractivity contribution < 1.29 is 9.53 Å². The maximum Gasteiger partial charge on any atom is 0.229 e. The quantitative estimate of drug-likeness (QED) is 0.471. The summed E-state index contributed by atoms with van der Waals surface area (Å²) in [6, 6.07) is 17.2. The zero-order chi connectivity index (χ0) is 23.3. The third kappa shape index (κ3) is 4.70. The number of rotatable bonds is 6. The van der Waals surface area contributed by atoms with Crippen molar-refractivity contribution in [2.45, 2.75) is 12.8 Å². The standard InChI is InChI=1S/C24H24N8O2/c1-34-21-10-4-17(5-11-21)22-13-23(26-15-25-22)31-12-2-3-18(14-31)24(33)28-19-6-8-20(9-7-19)32-16-27-29-30-32/h4-11,13,15-16,18H,2-3,12,14H2,1H3,(H,28,33). The number of nitrogens with zero attached hydrogens (tertiary/aromatic N) is 7. The first-order chi connectivity index (χ1) is 16.7. The molecule has 1 saturated heterocycles. The zero-order valence-electron chi connectivity index (χ0n) is 18.7. The van der Waals surface area contributed by atoms with E-state index in [0.29, 0.717) is 6.54 Å². The average molecular weight is 457 g/mol. The Balaban J connectivity index is 1.25. The van der Waals surface area contributed by atoms with E-state index in [1.54, 1.807) is 18.1 Å². The summed E-state index contributed by atoms with van der Waals surface area (Å²) in [5, 5.41) is 14.2. The Kier molecular flexibility index (Phi) is 6.11. The van der Waals surface area contributed by atoms with Gasteiger partial charge in [0, 0.05) is 30.4 Å². The first-order valence-corrected chi connectivity index (χ1v) is 11.1. The zero-order valence-corrected chi connectivity index (χ0v) is 18.7. The Morgan fingerprint density at radius 2 is 1.91 bits per heavy atom. The van der Waals surface area contributed by atoms with Crippen molar-refractivity contribution >= 4 is 17.4 Å². The molecule has 34 heavy (non-hydrogen) atoms. The predicted octanol–water partition coefficient (Wildman–Crippen LogP) is 2.98. The van der Waals surface area contributed by atoms with E-state index < -0.39 is 0 Å². The van der Waals surface area contributed by atoms with E-state index in [1.165, 1.54) is 6.33 Å². The highest BCUT2D eigenvalue weighted by atomic mass is 16.5. The smallest absolute Gasteiger partial charge is 0.229 e. The summed E-state index contributed by atoms with van der Waals surface area (Å²) in [5.74, 6) is 1.49. The van der Waals surface area contributed by atoms with Crippen LogP contribution in [0.3, 0.4) is 0 Å². The number of benzene rings is 2. The number of hydrogen-bond acceptors (Lipinski definition) is 8. The lowest BCUT2D eigenvalue weighted by molar-refractivity contribution is -0.120. The summed E-state index contributed by atoms with van der Waals surface area (Å²) in [7, 11) is 1.65. The number of hydrogen-bond donors (Lipinski definition) is 1. The number of carbonyl (C=O) groups is 1. The van der Waals surface area contributed by atoms with Gasteiger partial charge in [0.05, 0.1) is 24.4 Å². The molecule has 0 bridgehead atoms. The van der Waals surface area contributed by atoms with Crippen LogP contribution < -0.4 is 15.0 Å². The number of piperidine rings is 1. The van der Waals surface area contributed by atoms with Crippen LogP contribution >= 0.6 is 0 Å². The van der Waals surface area contributed by atoms with Crippen molar-refractivity contribution in [1.29, 1.82) is 0 Å². The van der Waals surface area contributed by atoms with Crippen molar-refractivity contribution in [3.05, 3.63) is 67.3 Å². The molecular formula is C24H24N8O2. The minimum atomic E-state index is -0.132. The molecule has 1 aliphatic rings. The molecule has 1 N–H and O–H groups in total. The monoisotopic (exact) mass is 456 g/mol. The molecule has 5 rings (SSSR count). The van der Waals surface area contributed by atoms with Gasteiger partial charge in [-0.3, -0.25) is 4.79 Å². The summed E-state index contributed by atoms with van der Waals surface area (Å²) in [5.41, 5.74) is 3.38. The van der Waals surface area contributed by atoms with E-state index in [2.05, 4.69) is 35.7 Å². The first-order valence-electron chi connectivity index (χ1n) is 11.1. The molecule has 4 aromatic rings. The third-order valence-corrected chi connectivity index (χ3v) is 5.90. The fourth-order valence-corrected chi connectivity index (χ4v) is 4.06. The fourth-order valence-electron chi connectivity index (χ4n) is 4.06. The van der Waals surface area contributed by atoms with Crippen LogP contribution in [-0.2, 0) is 4.79 Å². The van der Waals surface area contributed by atoms with Crippen LogP contribution in [0.5, 0.6) is 5.75 Å². The largest absolute Gasteiger partial charge is 0.497 e. The summed E-state index contributed by atoms with van der Waals surface area (Å²) in [6.07, 6.45) is 4.85. The molecular weight excluding hydrogens is 432 g/mol. The number of anilines is 2. The molecule has 0 aliphatic carbocycles. The topological polar surface area (TPSA) is 111 Å². The molecule has 1 amide bonds. The maximum absolute atomic E-state index is 13.0. The van der Waals surface area contributed by atoms with E-state index in [1.807, 2.05) is 54.6 Å². The fraction of sp³-hybridized carbons (Fsp3) is 0.250. The van der Waals surface area contributed by atoms with Crippen molar-refractivity contribution in [3.63, 3.8) is 0 Å². The SMILES string of the molecule is COc1ccc(-c2cc(N3CCCC(C(=O)Nc4ccc(-n5cnnn5)cc4)C3)ncn2)cc1. The molecule has 0 radical (unpaired) electrons. The molecule has 1 unspecified atom stereocenters. The van der Waals surface area contributed by atoms with Crippen molar-refractivity contribution in [3.8, 4) is 22.7 Å². The number of carbonyl (C=O) groups excluding carboxylic acids is 1. The highest BCUT2D eigenvalue weighted by Gasteiger charge is 2.27. The summed E-state index contributed by atoms with van der Waals surface area (Å²) in [6.45, 7) is 1.46. The number of nitrogens with one attached hydrogen (secondary N) is 1. The molecule has 1 atom stereocenters. The molecule has 0 spiro atoms. The second-order valence-electron chi connectivity index (χ2n) is 8.07. The van der Waals surface area contributed by atoms with Crippen LogP contribution in [0.1, 0.15) is 12.8 Å². The molecule has 1 aliphatic heterocycles. The maximum atomic E-state index is 13.0. The van der Waals surface area contributed by atoms with Crippen LogP contribution in [0.25, 0.3) is 16.9 Å². The molecule has 10 heteroatoms. The van der Waals surface area contributed by atoms with E-state index in [4.69, 9.17) is 4.74 Å². The van der Waals surface area contributed by atoms with Gasteiger partial charge in [-0.15, -0.1) is 5.10 Å². The summed E-state index contributed by atoms with van der Waals surface area (Å²) >= 11 is 0. The van der Waals surface area contributed by atoms with Gasteiger partial charge in [-0.25, -0.2) is 14.6 Å². The van der Waals surface area contributed by atoms with Gasteiger partial charge in [0.15, 0.2) is 0 Å². The van der Waals surface area contributed by atoms with Gasteiger partial charge in [-0.05, 0) is 71.8 Å². The van der Waals surface area contributed by atoms with Crippen LogP contribution in [-0.4, -0.2) is 56.3 Å². The lowest BCUT2D eigenvalue weighted by Crippen LogP contribution is -2.41. The Labute approximate surface area is 196 Å². The molecule has 3 heterocycles. The van der Waals surface area contributed by atoms with Gasteiger partial charge in [-0.2, -0.15) is 0 Å². The van der Waals surface area contributed by atoms with Crippen LogP contribution in [0.2, 0.25) is 0 Å². The highest BCUT2D eigenvalue weighted by Crippen LogP contribution is 2.27. The number of aromatic nitrogens is 6. The van der Waals surface area contributed by atoms with Crippen LogP contribution in [0.15, 0.2) is 67.3 Å². The predicted molar refractivity (Wildman–Crippen MR) is 127 cm³/mol. The van der Waals surface area contributed by atoms with Gasteiger partial charge < -0.3 is 15.0 Å². The Morgan fingerprint density at radius 3 is 2.65 bits per heavy atom. The lowest BCUT2D eigenvalue weighted by Gasteiger charge is -2.33. The normalized spacial score (nSPS) is 15.7. The van der Waals surface area contributed by atoms with E-state index in [-0.39, 0.29) is 11.8 Å². The molecule has 2 aromatic heterocycles. The van der Waals surface area contributed by atoms with Crippen molar-refractivity contribution in [2.24, 2.45) is 5.92 Å². The van der Waals surface area contributed by atoms with Gasteiger partial charge in [-0.1, -0.05) is 0 Å². The van der Waals surface area contributed by atoms with E-state index >= 15 is 0 Å². The van der Waals surface area contributed by atoms with Gasteiger partial charge in [0.1, 0.15) is 24.2 Å². The molecule has 0 saturated carbocycles. The average Bonchev–Trinajstić information content (AvgIpc) is 3.44. The Morgan fingerprint density at radius 1 is 1.09 bits per heavy atom.